The first-order chi connectivity index (χ1) is 9.20. The van der Waals surface area contributed by atoms with Gasteiger partial charge in [-0.2, -0.15) is 0 Å². The van der Waals surface area contributed by atoms with Gasteiger partial charge in [-0.05, 0) is 32.6 Å². The van der Waals surface area contributed by atoms with Crippen LogP contribution in [0.1, 0.15) is 50.8 Å². The second-order valence-corrected chi connectivity index (χ2v) is 5.18. The molecule has 1 unspecified atom stereocenters. The smallest absolute Gasteiger partial charge is 0.244 e. The van der Waals surface area contributed by atoms with E-state index in [4.69, 9.17) is 5.11 Å². The largest absolute Gasteiger partial charge is 0.396 e. The molecule has 0 aliphatic heterocycles. The van der Waals surface area contributed by atoms with Crippen molar-refractivity contribution < 1.29 is 9.90 Å². The third-order valence-corrected chi connectivity index (χ3v) is 3.63. The van der Waals surface area contributed by atoms with E-state index in [1.165, 1.54) is 12.8 Å². The van der Waals surface area contributed by atoms with Gasteiger partial charge in [0.05, 0.1) is 5.69 Å². The van der Waals surface area contributed by atoms with Crippen molar-refractivity contribution >= 4 is 5.91 Å². The van der Waals surface area contributed by atoms with E-state index in [9.17, 15) is 4.79 Å². The molecular formula is C13H22N4O2. The molecule has 1 fully saturated rings. The molecule has 2 rings (SSSR count). The molecule has 1 atom stereocenters. The Morgan fingerprint density at radius 2 is 2.32 bits per heavy atom. The lowest BCUT2D eigenvalue weighted by atomic mass is 10.2. The number of nitrogens with one attached hydrogen (secondary N) is 1. The minimum Gasteiger partial charge on any atom is -0.396 e. The van der Waals surface area contributed by atoms with Crippen LogP contribution < -0.4 is 5.32 Å². The fraction of sp³-hybridized carbons (Fsp3) is 0.769. The van der Waals surface area contributed by atoms with Gasteiger partial charge in [0.15, 0.2) is 0 Å². The van der Waals surface area contributed by atoms with Crippen LogP contribution >= 0.6 is 0 Å². The van der Waals surface area contributed by atoms with E-state index in [-0.39, 0.29) is 18.6 Å². The van der Waals surface area contributed by atoms with Crippen molar-refractivity contribution in [1.29, 1.82) is 0 Å². The van der Waals surface area contributed by atoms with Gasteiger partial charge in [-0.15, -0.1) is 5.10 Å². The van der Waals surface area contributed by atoms with Crippen molar-refractivity contribution in [2.24, 2.45) is 0 Å². The summed E-state index contributed by atoms with van der Waals surface area (Å²) in [7, 11) is 0. The lowest BCUT2D eigenvalue weighted by molar-refractivity contribution is -0.124. The highest BCUT2D eigenvalue weighted by Crippen LogP contribution is 2.18. The quantitative estimate of drug-likeness (QED) is 0.799. The number of aliphatic hydroxyl groups excluding tert-OH is 1. The summed E-state index contributed by atoms with van der Waals surface area (Å²) in [5, 5.41) is 19.8. The molecule has 0 bridgehead atoms. The van der Waals surface area contributed by atoms with Crippen LogP contribution in [0.15, 0.2) is 6.20 Å². The summed E-state index contributed by atoms with van der Waals surface area (Å²) in [5.74, 6) is 0.00510. The van der Waals surface area contributed by atoms with E-state index in [2.05, 4.69) is 15.6 Å². The summed E-state index contributed by atoms with van der Waals surface area (Å²) in [4.78, 5) is 12.1. The highest BCUT2D eigenvalue weighted by molar-refractivity contribution is 5.80. The molecule has 6 nitrogen and oxygen atoms in total. The van der Waals surface area contributed by atoms with Gasteiger partial charge in [0.2, 0.25) is 5.91 Å². The molecule has 2 N–H and O–H groups in total. The summed E-state index contributed by atoms with van der Waals surface area (Å²) >= 11 is 0. The highest BCUT2D eigenvalue weighted by atomic mass is 16.2. The number of hydrogen-bond acceptors (Lipinski definition) is 4. The topological polar surface area (TPSA) is 80.0 Å². The van der Waals surface area contributed by atoms with Gasteiger partial charge < -0.3 is 10.4 Å². The van der Waals surface area contributed by atoms with Crippen molar-refractivity contribution in [2.45, 2.75) is 57.5 Å². The number of aromatic nitrogens is 3. The Bertz CT molecular complexity index is 413. The second-order valence-electron chi connectivity index (χ2n) is 5.18. The SMILES string of the molecule is CC(C(=O)NC1CCCC1)n1cc(CCCO)nn1. The van der Waals surface area contributed by atoms with Crippen LogP contribution in [0.4, 0.5) is 0 Å². The van der Waals surface area contributed by atoms with Crippen molar-refractivity contribution in [3.8, 4) is 0 Å². The Morgan fingerprint density at radius 1 is 1.58 bits per heavy atom. The van der Waals surface area contributed by atoms with E-state index < -0.39 is 0 Å². The van der Waals surface area contributed by atoms with Crippen LogP contribution in [0.2, 0.25) is 0 Å². The van der Waals surface area contributed by atoms with Crippen molar-refractivity contribution in [3.63, 3.8) is 0 Å². The van der Waals surface area contributed by atoms with Crippen LogP contribution in [-0.4, -0.2) is 38.7 Å². The molecule has 1 aliphatic rings. The standard InChI is InChI=1S/C13H22N4O2/c1-10(13(19)14-11-5-2-3-6-11)17-9-12(15-16-17)7-4-8-18/h9-11,18H,2-8H2,1H3,(H,14,19). The van der Waals surface area contributed by atoms with Crippen LogP contribution in [0, 0.1) is 0 Å². The Balaban J connectivity index is 1.88. The molecule has 1 aliphatic carbocycles. The Hall–Kier alpha value is -1.43. The first kappa shape index (κ1) is 14.0. The predicted octanol–water partition coefficient (Wildman–Crippen LogP) is 0.823. The van der Waals surface area contributed by atoms with Crippen molar-refractivity contribution in [1.82, 2.24) is 20.3 Å². The zero-order valence-corrected chi connectivity index (χ0v) is 11.4. The summed E-state index contributed by atoms with van der Waals surface area (Å²) < 4.78 is 1.59. The molecule has 19 heavy (non-hydrogen) atoms. The molecule has 106 valence electrons. The van der Waals surface area contributed by atoms with Crippen molar-refractivity contribution in [3.05, 3.63) is 11.9 Å². The van der Waals surface area contributed by atoms with Crippen LogP contribution in [0.25, 0.3) is 0 Å². The van der Waals surface area contributed by atoms with Gasteiger partial charge in [-0.3, -0.25) is 4.79 Å². The molecule has 1 saturated carbocycles. The van der Waals surface area contributed by atoms with E-state index in [0.29, 0.717) is 18.9 Å². The molecule has 1 aromatic rings. The summed E-state index contributed by atoms with van der Waals surface area (Å²) in [5.41, 5.74) is 0.814. The number of aliphatic hydroxyl groups is 1. The fourth-order valence-corrected chi connectivity index (χ4v) is 2.39. The minimum atomic E-state index is -0.337. The zero-order chi connectivity index (χ0) is 13.7. The van der Waals surface area contributed by atoms with Gasteiger partial charge in [-0.1, -0.05) is 18.1 Å². The number of rotatable bonds is 6. The number of amides is 1. The first-order valence-corrected chi connectivity index (χ1v) is 7.02. The van der Waals surface area contributed by atoms with E-state index in [0.717, 1.165) is 18.5 Å². The summed E-state index contributed by atoms with van der Waals surface area (Å²) in [6.07, 6.45) is 7.71. The van der Waals surface area contributed by atoms with Crippen LogP contribution in [-0.2, 0) is 11.2 Å². The third kappa shape index (κ3) is 3.76. The Morgan fingerprint density at radius 3 is 3.00 bits per heavy atom. The third-order valence-electron chi connectivity index (χ3n) is 3.63. The fourth-order valence-electron chi connectivity index (χ4n) is 2.39. The van der Waals surface area contributed by atoms with E-state index in [1.54, 1.807) is 10.9 Å². The molecule has 1 aromatic heterocycles. The molecule has 1 amide bonds. The number of aryl methyl sites for hydroxylation is 1. The van der Waals surface area contributed by atoms with E-state index >= 15 is 0 Å². The number of nitrogens with zero attached hydrogens (tertiary/aromatic N) is 3. The van der Waals surface area contributed by atoms with Crippen molar-refractivity contribution in [2.75, 3.05) is 6.61 Å². The first-order valence-electron chi connectivity index (χ1n) is 7.02. The normalized spacial score (nSPS) is 17.6. The molecule has 0 aromatic carbocycles. The van der Waals surface area contributed by atoms with Gasteiger partial charge >= 0.3 is 0 Å². The predicted molar refractivity (Wildman–Crippen MR) is 70.5 cm³/mol. The maximum absolute atomic E-state index is 12.1. The monoisotopic (exact) mass is 266 g/mol. The van der Waals surface area contributed by atoms with E-state index in [1.807, 2.05) is 6.92 Å². The maximum atomic E-state index is 12.1. The molecule has 0 spiro atoms. The molecular weight excluding hydrogens is 244 g/mol. The molecule has 0 radical (unpaired) electrons. The summed E-state index contributed by atoms with van der Waals surface area (Å²) in [6.45, 7) is 1.97. The Labute approximate surface area is 113 Å². The van der Waals surface area contributed by atoms with Gasteiger partial charge in [0, 0.05) is 18.8 Å². The maximum Gasteiger partial charge on any atom is 0.244 e. The minimum absolute atomic E-state index is 0.00510. The number of hydrogen-bond donors (Lipinski definition) is 2. The average molecular weight is 266 g/mol. The lowest BCUT2D eigenvalue weighted by Gasteiger charge is -2.16. The lowest BCUT2D eigenvalue weighted by Crippen LogP contribution is -2.37. The molecule has 1 heterocycles. The van der Waals surface area contributed by atoms with Crippen LogP contribution in [0.5, 0.6) is 0 Å². The van der Waals surface area contributed by atoms with Crippen LogP contribution in [0.3, 0.4) is 0 Å². The summed E-state index contributed by atoms with van der Waals surface area (Å²) in [6, 6.07) is -0.0108. The number of carbonyl (C=O) groups is 1. The second kappa shape index (κ2) is 6.65. The van der Waals surface area contributed by atoms with Gasteiger partial charge in [-0.25, -0.2) is 4.68 Å². The van der Waals surface area contributed by atoms with Gasteiger partial charge in [0.25, 0.3) is 0 Å². The molecule has 6 heteroatoms. The zero-order valence-electron chi connectivity index (χ0n) is 11.4. The van der Waals surface area contributed by atoms with Gasteiger partial charge in [0.1, 0.15) is 6.04 Å². The highest BCUT2D eigenvalue weighted by Gasteiger charge is 2.22. The Kier molecular flexibility index (Phi) is 4.90. The number of carbonyl (C=O) groups excluding carboxylic acids is 1. The average Bonchev–Trinajstić information content (AvgIpc) is 3.06. The molecule has 0 saturated heterocycles.